The van der Waals surface area contributed by atoms with Crippen LogP contribution in [0.3, 0.4) is 0 Å². The molecule has 0 spiro atoms. The lowest BCUT2D eigenvalue weighted by Gasteiger charge is -2.28. The minimum atomic E-state index is -0.224. The largest absolute Gasteiger partial charge is 0.294 e. The number of allylic oxidation sites excluding steroid dienone is 2. The number of likely N-dealkylation sites (tertiary alicyclic amines) is 1. The fourth-order valence-corrected chi connectivity index (χ4v) is 4.46. The third-order valence-corrected chi connectivity index (χ3v) is 5.63. The topological polar surface area (TPSA) is 57.7 Å². The molecule has 4 atom stereocenters. The lowest BCUT2D eigenvalue weighted by molar-refractivity contribution is -0.140. The van der Waals surface area contributed by atoms with E-state index in [1.807, 2.05) is 31.2 Å². The SMILES string of the molecule is CC(=O)N(CN1C(=O)[C@@H]2[C@@H](C1=O)[C@H]1C=C[C@@H]2C1)c1ccccc1C. The molecule has 0 unspecified atom stereocenters. The molecule has 124 valence electrons. The number of imide groups is 1. The van der Waals surface area contributed by atoms with Crippen molar-refractivity contribution in [2.75, 3.05) is 11.6 Å². The average Bonchev–Trinajstić information content (AvgIpc) is 3.22. The highest BCUT2D eigenvalue weighted by molar-refractivity contribution is 6.07. The first-order valence-electron chi connectivity index (χ1n) is 8.36. The molecule has 1 saturated carbocycles. The van der Waals surface area contributed by atoms with Crippen molar-refractivity contribution < 1.29 is 14.4 Å². The van der Waals surface area contributed by atoms with Crippen molar-refractivity contribution in [3.05, 3.63) is 42.0 Å². The number of carbonyl (C=O) groups excluding carboxylic acids is 3. The molecule has 3 aliphatic rings. The molecule has 1 heterocycles. The third-order valence-electron chi connectivity index (χ3n) is 5.63. The van der Waals surface area contributed by atoms with Crippen LogP contribution in [0.15, 0.2) is 36.4 Å². The van der Waals surface area contributed by atoms with E-state index in [0.29, 0.717) is 0 Å². The number of rotatable bonds is 3. The molecule has 2 aliphatic carbocycles. The molecule has 1 aromatic rings. The predicted octanol–water partition coefficient (Wildman–Crippen LogP) is 2.11. The van der Waals surface area contributed by atoms with Gasteiger partial charge in [0.1, 0.15) is 6.67 Å². The van der Waals surface area contributed by atoms with Crippen LogP contribution in [0.25, 0.3) is 0 Å². The van der Waals surface area contributed by atoms with Gasteiger partial charge in [-0.05, 0) is 36.8 Å². The number of hydrogen-bond donors (Lipinski definition) is 0. The Balaban J connectivity index is 1.62. The Morgan fingerprint density at radius 3 is 2.25 bits per heavy atom. The Hall–Kier alpha value is -2.43. The van der Waals surface area contributed by atoms with Crippen molar-refractivity contribution in [1.29, 1.82) is 0 Å². The van der Waals surface area contributed by atoms with E-state index < -0.39 is 0 Å². The fourth-order valence-electron chi connectivity index (χ4n) is 4.46. The summed E-state index contributed by atoms with van der Waals surface area (Å²) in [4.78, 5) is 40.5. The van der Waals surface area contributed by atoms with E-state index in [9.17, 15) is 14.4 Å². The summed E-state index contributed by atoms with van der Waals surface area (Å²) in [6, 6.07) is 7.51. The second-order valence-corrected chi connectivity index (χ2v) is 6.98. The maximum atomic E-state index is 12.8. The van der Waals surface area contributed by atoms with Gasteiger partial charge in [-0.25, -0.2) is 0 Å². The number of hydrogen-bond acceptors (Lipinski definition) is 3. The Morgan fingerprint density at radius 1 is 1.12 bits per heavy atom. The van der Waals surface area contributed by atoms with Crippen LogP contribution >= 0.6 is 0 Å². The Kier molecular flexibility index (Phi) is 3.34. The highest BCUT2D eigenvalue weighted by Crippen LogP contribution is 2.52. The molecule has 5 heteroatoms. The molecule has 1 aliphatic heterocycles. The zero-order chi connectivity index (χ0) is 17.0. The van der Waals surface area contributed by atoms with Gasteiger partial charge < -0.3 is 0 Å². The van der Waals surface area contributed by atoms with E-state index >= 15 is 0 Å². The summed E-state index contributed by atoms with van der Waals surface area (Å²) in [7, 11) is 0. The normalized spacial score (nSPS) is 30.2. The number of benzene rings is 1. The number of fused-ring (bicyclic) bond motifs is 5. The summed E-state index contributed by atoms with van der Waals surface area (Å²) in [6.45, 7) is 3.38. The molecule has 0 N–H and O–H groups in total. The standard InChI is InChI=1S/C19H20N2O3/c1-11-5-3-4-6-15(11)20(12(2)22)10-21-18(23)16-13-7-8-14(9-13)17(16)19(21)24/h3-8,13-14,16-17H,9-10H2,1-2H3/t13-,14+,16-,17-/m0/s1. The molecule has 0 radical (unpaired) electrons. The van der Waals surface area contributed by atoms with E-state index in [0.717, 1.165) is 17.7 Å². The minimum absolute atomic E-state index is 0.00426. The van der Waals surface area contributed by atoms with Crippen molar-refractivity contribution in [2.24, 2.45) is 23.7 Å². The van der Waals surface area contributed by atoms with Crippen LogP contribution in [0.2, 0.25) is 0 Å². The number of aryl methyl sites for hydroxylation is 1. The number of nitrogens with zero attached hydrogens (tertiary/aromatic N) is 2. The maximum absolute atomic E-state index is 12.8. The molecule has 2 fully saturated rings. The van der Waals surface area contributed by atoms with E-state index in [-0.39, 0.29) is 48.1 Å². The lowest BCUT2D eigenvalue weighted by Crippen LogP contribution is -2.45. The highest BCUT2D eigenvalue weighted by Gasteiger charge is 2.59. The third kappa shape index (κ3) is 2.04. The summed E-state index contributed by atoms with van der Waals surface area (Å²) in [5.74, 6) is -0.501. The lowest BCUT2D eigenvalue weighted by atomic mass is 9.85. The molecule has 24 heavy (non-hydrogen) atoms. The maximum Gasteiger partial charge on any atom is 0.235 e. The molecule has 5 nitrogen and oxygen atoms in total. The molecule has 3 amide bonds. The molecular formula is C19H20N2O3. The quantitative estimate of drug-likeness (QED) is 0.632. The van der Waals surface area contributed by atoms with Crippen molar-refractivity contribution in [2.45, 2.75) is 20.3 Å². The first-order valence-corrected chi connectivity index (χ1v) is 8.36. The van der Waals surface area contributed by atoms with Crippen LogP contribution in [-0.4, -0.2) is 29.3 Å². The van der Waals surface area contributed by atoms with Crippen LogP contribution in [0.4, 0.5) is 5.69 Å². The summed E-state index contributed by atoms with van der Waals surface area (Å²) in [6.07, 6.45) is 5.06. The molecule has 1 aromatic carbocycles. The molecule has 2 bridgehead atoms. The van der Waals surface area contributed by atoms with Crippen molar-refractivity contribution in [1.82, 2.24) is 4.90 Å². The summed E-state index contributed by atoms with van der Waals surface area (Å²) < 4.78 is 0. The average molecular weight is 324 g/mol. The zero-order valence-electron chi connectivity index (χ0n) is 13.8. The van der Waals surface area contributed by atoms with Crippen molar-refractivity contribution >= 4 is 23.4 Å². The number of amides is 3. The Labute approximate surface area is 140 Å². The second-order valence-electron chi connectivity index (χ2n) is 6.98. The molecular weight excluding hydrogens is 304 g/mol. The van der Waals surface area contributed by atoms with Crippen LogP contribution in [-0.2, 0) is 14.4 Å². The van der Waals surface area contributed by atoms with Gasteiger partial charge in [0.25, 0.3) is 0 Å². The Morgan fingerprint density at radius 2 is 1.71 bits per heavy atom. The summed E-state index contributed by atoms with van der Waals surface area (Å²) in [5.41, 5.74) is 1.68. The van der Waals surface area contributed by atoms with Crippen molar-refractivity contribution in [3.63, 3.8) is 0 Å². The van der Waals surface area contributed by atoms with E-state index in [4.69, 9.17) is 0 Å². The number of carbonyl (C=O) groups is 3. The van der Waals surface area contributed by atoms with Crippen molar-refractivity contribution in [3.8, 4) is 0 Å². The number of para-hydroxylation sites is 1. The highest BCUT2D eigenvalue weighted by atomic mass is 16.2. The van der Waals surface area contributed by atoms with E-state index in [1.54, 1.807) is 0 Å². The summed E-state index contributed by atoms with van der Waals surface area (Å²) >= 11 is 0. The number of anilines is 1. The second kappa shape index (κ2) is 5.30. The van der Waals surface area contributed by atoms with Crippen LogP contribution in [0, 0.1) is 30.6 Å². The van der Waals surface area contributed by atoms with Gasteiger partial charge in [0.15, 0.2) is 0 Å². The van der Waals surface area contributed by atoms with E-state index in [1.165, 1.54) is 16.7 Å². The molecule has 4 rings (SSSR count). The fraction of sp³-hybridized carbons (Fsp3) is 0.421. The minimum Gasteiger partial charge on any atom is -0.294 e. The van der Waals surface area contributed by atoms with Gasteiger partial charge in [-0.3, -0.25) is 24.2 Å². The van der Waals surface area contributed by atoms with Gasteiger partial charge in [-0.2, -0.15) is 0 Å². The Bertz CT molecular complexity index is 740. The van der Waals surface area contributed by atoms with Gasteiger partial charge in [0.05, 0.1) is 11.8 Å². The zero-order valence-corrected chi connectivity index (χ0v) is 13.8. The van der Waals surface area contributed by atoms with Crippen LogP contribution in [0.1, 0.15) is 18.9 Å². The molecule has 1 saturated heterocycles. The van der Waals surface area contributed by atoms with Crippen LogP contribution in [0.5, 0.6) is 0 Å². The first kappa shape index (κ1) is 15.1. The smallest absolute Gasteiger partial charge is 0.235 e. The van der Waals surface area contributed by atoms with Gasteiger partial charge in [0, 0.05) is 12.6 Å². The van der Waals surface area contributed by atoms with Crippen LogP contribution < -0.4 is 4.90 Å². The van der Waals surface area contributed by atoms with Gasteiger partial charge in [-0.1, -0.05) is 30.4 Å². The summed E-state index contributed by atoms with van der Waals surface area (Å²) in [5, 5.41) is 0. The van der Waals surface area contributed by atoms with Gasteiger partial charge in [-0.15, -0.1) is 0 Å². The van der Waals surface area contributed by atoms with Gasteiger partial charge in [0.2, 0.25) is 17.7 Å². The van der Waals surface area contributed by atoms with E-state index in [2.05, 4.69) is 12.2 Å². The molecule has 0 aromatic heterocycles. The van der Waals surface area contributed by atoms with Gasteiger partial charge >= 0.3 is 0 Å². The first-order chi connectivity index (χ1) is 11.5. The monoisotopic (exact) mass is 324 g/mol. The predicted molar refractivity (Wildman–Crippen MR) is 88.8 cm³/mol.